The van der Waals surface area contributed by atoms with E-state index in [4.69, 9.17) is 4.74 Å². The number of benzene rings is 1. The van der Waals surface area contributed by atoms with Crippen molar-refractivity contribution in [1.82, 2.24) is 9.78 Å². The molecule has 0 saturated carbocycles. The van der Waals surface area contributed by atoms with Crippen LogP contribution in [0.4, 0.5) is 4.39 Å². The zero-order chi connectivity index (χ0) is 12.3. The second kappa shape index (κ2) is 5.31. The smallest absolute Gasteiger partial charge is 0.136 e. The first kappa shape index (κ1) is 12.1. The van der Waals surface area contributed by atoms with Gasteiger partial charge in [0, 0.05) is 24.4 Å². The highest BCUT2D eigenvalue weighted by Gasteiger charge is 2.04. The van der Waals surface area contributed by atoms with Crippen LogP contribution in [-0.2, 0) is 13.2 Å². The third-order valence-electron chi connectivity index (χ3n) is 2.30. The lowest BCUT2D eigenvalue weighted by atomic mass is 10.3. The van der Waals surface area contributed by atoms with E-state index in [-0.39, 0.29) is 5.82 Å². The second-order valence-corrected chi connectivity index (χ2v) is 4.42. The Labute approximate surface area is 107 Å². The minimum Gasteiger partial charge on any atom is -0.487 e. The Hall–Kier alpha value is -1.36. The molecular formula is C12H12BrFN2O. The summed E-state index contributed by atoms with van der Waals surface area (Å²) < 4.78 is 21.1. The van der Waals surface area contributed by atoms with E-state index >= 15 is 0 Å². The topological polar surface area (TPSA) is 27.1 Å². The van der Waals surface area contributed by atoms with E-state index in [1.54, 1.807) is 12.3 Å². The van der Waals surface area contributed by atoms with E-state index in [0.717, 1.165) is 16.6 Å². The maximum atomic E-state index is 13.0. The first-order chi connectivity index (χ1) is 8.19. The van der Waals surface area contributed by atoms with E-state index in [2.05, 4.69) is 21.0 Å². The van der Waals surface area contributed by atoms with Crippen molar-refractivity contribution in [2.45, 2.75) is 20.1 Å². The van der Waals surface area contributed by atoms with Crippen molar-refractivity contribution in [1.29, 1.82) is 0 Å². The molecule has 0 atom stereocenters. The van der Waals surface area contributed by atoms with Gasteiger partial charge in [-0.05, 0) is 35.0 Å². The number of hydrogen-bond donors (Lipinski definition) is 0. The molecule has 1 aromatic carbocycles. The van der Waals surface area contributed by atoms with Crippen LogP contribution in [0.1, 0.15) is 12.5 Å². The molecule has 0 aliphatic carbocycles. The van der Waals surface area contributed by atoms with Gasteiger partial charge >= 0.3 is 0 Å². The van der Waals surface area contributed by atoms with Crippen molar-refractivity contribution in [2.75, 3.05) is 0 Å². The molecule has 0 unspecified atom stereocenters. The van der Waals surface area contributed by atoms with Crippen molar-refractivity contribution < 1.29 is 9.13 Å². The molecular weight excluding hydrogens is 287 g/mol. The maximum Gasteiger partial charge on any atom is 0.136 e. The zero-order valence-electron chi connectivity index (χ0n) is 9.36. The lowest BCUT2D eigenvalue weighted by molar-refractivity contribution is 0.302. The van der Waals surface area contributed by atoms with E-state index in [9.17, 15) is 4.39 Å². The van der Waals surface area contributed by atoms with Gasteiger partial charge in [-0.25, -0.2) is 4.39 Å². The number of aryl methyl sites for hydroxylation is 1. The molecule has 0 fully saturated rings. The normalized spacial score (nSPS) is 10.5. The fourth-order valence-corrected chi connectivity index (χ4v) is 1.76. The van der Waals surface area contributed by atoms with E-state index < -0.39 is 0 Å². The SMILES string of the molecule is CCn1cc(COc2cc(F)ccc2Br)cn1. The summed E-state index contributed by atoms with van der Waals surface area (Å²) in [5.74, 6) is 0.182. The summed E-state index contributed by atoms with van der Waals surface area (Å²) in [7, 11) is 0. The van der Waals surface area contributed by atoms with Crippen molar-refractivity contribution in [3.8, 4) is 5.75 Å². The number of halogens is 2. The largest absolute Gasteiger partial charge is 0.487 e. The number of nitrogens with zero attached hydrogens (tertiary/aromatic N) is 2. The Morgan fingerprint density at radius 1 is 1.47 bits per heavy atom. The van der Waals surface area contributed by atoms with Gasteiger partial charge in [0.25, 0.3) is 0 Å². The van der Waals surface area contributed by atoms with Crippen LogP contribution in [0.15, 0.2) is 35.1 Å². The summed E-state index contributed by atoms with van der Waals surface area (Å²) in [5, 5.41) is 4.14. The molecule has 0 aliphatic heterocycles. The lowest BCUT2D eigenvalue weighted by Crippen LogP contribution is -1.96. The average Bonchev–Trinajstić information content (AvgIpc) is 2.78. The number of hydrogen-bond acceptors (Lipinski definition) is 2. The molecule has 1 heterocycles. The number of rotatable bonds is 4. The molecule has 0 bridgehead atoms. The molecule has 0 N–H and O–H groups in total. The number of aromatic nitrogens is 2. The Morgan fingerprint density at radius 3 is 3.00 bits per heavy atom. The van der Waals surface area contributed by atoms with Gasteiger partial charge < -0.3 is 4.74 Å². The first-order valence-electron chi connectivity index (χ1n) is 5.28. The predicted octanol–water partition coefficient (Wildman–Crippen LogP) is 3.38. The summed E-state index contributed by atoms with van der Waals surface area (Å²) in [4.78, 5) is 0. The van der Waals surface area contributed by atoms with Gasteiger partial charge in [-0.15, -0.1) is 0 Å². The fourth-order valence-electron chi connectivity index (χ4n) is 1.40. The van der Waals surface area contributed by atoms with Crippen molar-refractivity contribution in [3.05, 3.63) is 46.4 Å². The van der Waals surface area contributed by atoms with Crippen LogP contribution in [0.5, 0.6) is 5.75 Å². The molecule has 3 nitrogen and oxygen atoms in total. The monoisotopic (exact) mass is 298 g/mol. The summed E-state index contributed by atoms with van der Waals surface area (Å²) in [6.45, 7) is 3.21. The van der Waals surface area contributed by atoms with Gasteiger partial charge in [-0.1, -0.05) is 0 Å². The van der Waals surface area contributed by atoms with Gasteiger partial charge in [-0.2, -0.15) is 5.10 Å². The third-order valence-corrected chi connectivity index (χ3v) is 2.95. The van der Waals surface area contributed by atoms with Crippen LogP contribution in [0.2, 0.25) is 0 Å². The van der Waals surface area contributed by atoms with Crippen LogP contribution in [0.3, 0.4) is 0 Å². The van der Waals surface area contributed by atoms with Crippen LogP contribution >= 0.6 is 15.9 Å². The Morgan fingerprint density at radius 2 is 2.29 bits per heavy atom. The van der Waals surface area contributed by atoms with Crippen molar-refractivity contribution in [3.63, 3.8) is 0 Å². The van der Waals surface area contributed by atoms with Gasteiger partial charge in [0.15, 0.2) is 0 Å². The second-order valence-electron chi connectivity index (χ2n) is 3.57. The molecule has 2 aromatic rings. The quantitative estimate of drug-likeness (QED) is 0.865. The minimum atomic E-state index is -0.313. The highest BCUT2D eigenvalue weighted by Crippen LogP contribution is 2.26. The molecule has 2 rings (SSSR count). The molecule has 5 heteroatoms. The van der Waals surface area contributed by atoms with E-state index in [1.807, 2.05) is 17.8 Å². The lowest BCUT2D eigenvalue weighted by Gasteiger charge is -2.06. The molecule has 90 valence electrons. The summed E-state index contributed by atoms with van der Waals surface area (Å²) in [6, 6.07) is 4.36. The summed E-state index contributed by atoms with van der Waals surface area (Å²) in [6.07, 6.45) is 3.66. The van der Waals surface area contributed by atoms with Gasteiger partial charge in [0.1, 0.15) is 18.2 Å². The van der Waals surface area contributed by atoms with Crippen LogP contribution < -0.4 is 4.74 Å². The Kier molecular flexibility index (Phi) is 3.78. The van der Waals surface area contributed by atoms with Crippen LogP contribution in [0, 0.1) is 5.82 Å². The Bertz CT molecular complexity index is 513. The molecule has 17 heavy (non-hydrogen) atoms. The zero-order valence-corrected chi connectivity index (χ0v) is 10.9. The van der Waals surface area contributed by atoms with Gasteiger partial charge in [0.05, 0.1) is 10.7 Å². The summed E-state index contributed by atoms with van der Waals surface area (Å²) >= 11 is 3.31. The first-order valence-corrected chi connectivity index (χ1v) is 6.07. The van der Waals surface area contributed by atoms with Gasteiger partial charge in [-0.3, -0.25) is 4.68 Å². The predicted molar refractivity (Wildman–Crippen MR) is 66.3 cm³/mol. The van der Waals surface area contributed by atoms with Gasteiger partial charge in [0.2, 0.25) is 0 Å². The fraction of sp³-hybridized carbons (Fsp3) is 0.250. The summed E-state index contributed by atoms with van der Waals surface area (Å²) in [5.41, 5.74) is 0.961. The maximum absolute atomic E-state index is 13.0. The van der Waals surface area contributed by atoms with E-state index in [0.29, 0.717) is 12.4 Å². The standard InChI is InChI=1S/C12H12BrFN2O/c1-2-16-7-9(6-15-16)8-17-12-5-10(14)3-4-11(12)13/h3-7H,2,8H2,1H3. The molecule has 0 spiro atoms. The van der Waals surface area contributed by atoms with Crippen LogP contribution in [-0.4, -0.2) is 9.78 Å². The van der Waals surface area contributed by atoms with E-state index in [1.165, 1.54) is 12.1 Å². The molecule has 0 amide bonds. The van der Waals surface area contributed by atoms with Crippen molar-refractivity contribution in [2.24, 2.45) is 0 Å². The Balaban J connectivity index is 2.04. The van der Waals surface area contributed by atoms with Crippen molar-refractivity contribution >= 4 is 15.9 Å². The molecule has 0 aliphatic rings. The molecule has 1 aromatic heterocycles. The highest BCUT2D eigenvalue weighted by molar-refractivity contribution is 9.10. The average molecular weight is 299 g/mol. The number of ether oxygens (including phenoxy) is 1. The third kappa shape index (κ3) is 3.06. The van der Waals surface area contributed by atoms with Crippen LogP contribution in [0.25, 0.3) is 0 Å². The minimum absolute atomic E-state index is 0.313. The molecule has 0 radical (unpaired) electrons. The highest BCUT2D eigenvalue weighted by atomic mass is 79.9. The molecule has 0 saturated heterocycles.